The normalized spacial score (nSPS) is 29.1. The molecule has 1 heterocycles. The molecule has 1 aliphatic heterocycles. The Bertz CT molecular complexity index is 378. The Morgan fingerprint density at radius 3 is 1.80 bits per heavy atom. The molecule has 1 fully saturated rings. The molecule has 0 amide bonds. The summed E-state index contributed by atoms with van der Waals surface area (Å²) in [5.41, 5.74) is 0. The van der Waals surface area contributed by atoms with Gasteiger partial charge in [0.05, 0.1) is 0 Å². The molecule has 0 aromatic rings. The molecule has 1 atom stereocenters. The van der Waals surface area contributed by atoms with E-state index in [4.69, 9.17) is 0 Å². The Morgan fingerprint density at radius 1 is 1.05 bits per heavy atom. The minimum absolute atomic E-state index is 0.614. The summed E-state index contributed by atoms with van der Waals surface area (Å²) in [6.45, 7) is 1.68. The fourth-order valence-electron chi connectivity index (χ4n) is 1.18. The third-order valence-corrected chi connectivity index (χ3v) is 2.95. The van der Waals surface area contributed by atoms with Gasteiger partial charge in [0.25, 0.3) is 0 Å². The number of halogens is 8. The van der Waals surface area contributed by atoms with E-state index < -0.39 is 46.2 Å². The zero-order valence-electron chi connectivity index (χ0n) is 9.39. The Balaban J connectivity index is 3.21. The van der Waals surface area contributed by atoms with E-state index >= 15 is 0 Å². The average Bonchev–Trinajstić information content (AvgIpc) is 2.22. The van der Waals surface area contributed by atoms with Gasteiger partial charge in [-0.25, -0.2) is 8.95 Å². The molecule has 0 aromatic heterocycles. The van der Waals surface area contributed by atoms with Crippen LogP contribution >= 0.6 is 0 Å². The molecule has 4 nitrogen and oxygen atoms in total. The van der Waals surface area contributed by atoms with E-state index in [1.54, 1.807) is 0 Å². The molecule has 1 saturated heterocycles. The van der Waals surface area contributed by atoms with Crippen molar-refractivity contribution in [2.24, 2.45) is 0 Å². The summed E-state index contributed by atoms with van der Waals surface area (Å²) in [4.78, 5) is -1.91. The zero-order valence-corrected chi connectivity index (χ0v) is 10.2. The van der Waals surface area contributed by atoms with Crippen molar-refractivity contribution < 1.29 is 48.3 Å². The second kappa shape index (κ2) is 5.03. The predicted octanol–water partition coefficient (Wildman–Crippen LogP) is 2.51. The third kappa shape index (κ3) is 2.63. The number of rotatable bonds is 4. The van der Waals surface area contributed by atoms with Gasteiger partial charge in [0, 0.05) is 0 Å². The molecule has 1 unspecified atom stereocenters. The maximum atomic E-state index is 13.1. The topological polar surface area (TPSA) is 38.8 Å². The molecule has 0 saturated carbocycles. The number of alkyl halides is 8. The lowest BCUT2D eigenvalue weighted by atomic mass is 10.3. The summed E-state index contributed by atoms with van der Waals surface area (Å²) in [7, 11) is 0. The van der Waals surface area contributed by atoms with Gasteiger partial charge in [-0.1, -0.05) is 0 Å². The number of morpholine rings is 1. The largest absolute Gasteiger partial charge is 0.467 e. The maximum absolute atomic E-state index is 13.1. The van der Waals surface area contributed by atoms with Gasteiger partial charge in [0.1, 0.15) is 17.0 Å². The predicted molar refractivity (Wildman–Crippen MR) is 46.8 cm³/mol. The summed E-state index contributed by atoms with van der Waals surface area (Å²) in [6, 6.07) is -11.7. The first-order chi connectivity index (χ1) is 8.79. The first-order valence-electron chi connectivity index (χ1n) is 4.62. The van der Waals surface area contributed by atoms with Crippen molar-refractivity contribution in [3.63, 3.8) is 0 Å². The summed E-state index contributed by atoms with van der Waals surface area (Å²) in [6.07, 6.45) is -11.8. The van der Waals surface area contributed by atoms with Crippen molar-refractivity contribution in [1.82, 2.24) is 4.90 Å². The van der Waals surface area contributed by atoms with E-state index in [2.05, 4.69) is 8.92 Å². The molecular weight excluding hydrogens is 330 g/mol. The highest BCUT2D eigenvalue weighted by Gasteiger charge is 2.82. The minimum Gasteiger partial charge on any atom is -0.467 e. The van der Waals surface area contributed by atoms with Gasteiger partial charge in [-0.3, -0.25) is 0 Å². The van der Waals surface area contributed by atoms with Crippen LogP contribution in [0.5, 0.6) is 0 Å². The fourth-order valence-corrected chi connectivity index (χ4v) is 1.99. The van der Waals surface area contributed by atoms with Crippen molar-refractivity contribution in [2.75, 3.05) is 5.88 Å². The van der Waals surface area contributed by atoms with Gasteiger partial charge < -0.3 is 4.18 Å². The van der Waals surface area contributed by atoms with Crippen LogP contribution in [-0.2, 0) is 20.0 Å². The van der Waals surface area contributed by atoms with Crippen LogP contribution in [0.2, 0.25) is 0 Å². The van der Waals surface area contributed by atoms with Crippen LogP contribution in [0.15, 0.2) is 0 Å². The zero-order chi connectivity index (χ0) is 16.0. The van der Waals surface area contributed by atoms with Crippen LogP contribution in [0, 0.1) is 6.61 Å². The molecule has 120 valence electrons. The molecule has 0 N–H and O–H groups in total. The summed E-state index contributed by atoms with van der Waals surface area (Å²) in [5, 5.41) is 0. The van der Waals surface area contributed by atoms with Crippen molar-refractivity contribution in [3.05, 3.63) is 6.61 Å². The van der Waals surface area contributed by atoms with Gasteiger partial charge >= 0.3 is 24.3 Å². The smallest absolute Gasteiger partial charge is 0.439 e. The quantitative estimate of drug-likeness (QED) is 0.449. The van der Waals surface area contributed by atoms with Gasteiger partial charge in [-0.15, -0.1) is 0 Å². The third-order valence-electron chi connectivity index (χ3n) is 2.07. The van der Waals surface area contributed by atoms with Crippen molar-refractivity contribution in [2.45, 2.75) is 31.2 Å². The summed E-state index contributed by atoms with van der Waals surface area (Å²) >= 11 is -2.99. The van der Waals surface area contributed by atoms with Crippen molar-refractivity contribution >= 4 is 11.1 Å². The lowest BCUT2D eigenvalue weighted by molar-refractivity contribution is -0.560. The van der Waals surface area contributed by atoms with Crippen LogP contribution in [0.4, 0.5) is 35.1 Å². The monoisotopic (exact) mass is 336 g/mol. The molecule has 0 aliphatic carbocycles. The van der Waals surface area contributed by atoms with Crippen LogP contribution < -0.4 is 0 Å². The maximum Gasteiger partial charge on any atom is 0.439 e. The van der Waals surface area contributed by atoms with Crippen molar-refractivity contribution in [3.8, 4) is 0 Å². The van der Waals surface area contributed by atoms with Crippen LogP contribution in [0.25, 0.3) is 0 Å². The summed E-state index contributed by atoms with van der Waals surface area (Å²) in [5.74, 6) is -2.10. The lowest BCUT2D eigenvalue weighted by Crippen LogP contribution is -2.74. The highest BCUT2D eigenvalue weighted by atomic mass is 32.2. The van der Waals surface area contributed by atoms with E-state index in [-0.39, 0.29) is 0 Å². The highest BCUT2D eigenvalue weighted by Crippen LogP contribution is 2.55. The number of ether oxygens (including phenoxy) is 1. The minimum atomic E-state index is -5.92. The second-order valence-corrected chi connectivity index (χ2v) is 4.47. The molecule has 0 bridgehead atoms. The average molecular weight is 336 g/mol. The van der Waals surface area contributed by atoms with Gasteiger partial charge in [0.15, 0.2) is 0 Å². The Morgan fingerprint density at radius 2 is 1.45 bits per heavy atom. The van der Waals surface area contributed by atoms with E-state index in [9.17, 15) is 39.3 Å². The van der Waals surface area contributed by atoms with Gasteiger partial charge in [0.2, 0.25) is 0 Å². The lowest BCUT2D eigenvalue weighted by Gasteiger charge is -2.46. The molecule has 0 radical (unpaired) electrons. The first-order valence-corrected chi connectivity index (χ1v) is 5.86. The SMILES string of the molecule is C[CH-]OS(=O)CN1C(F)(F)C(F)(F)OC(F)(F)C1(F)F. The van der Waals surface area contributed by atoms with E-state index in [1.807, 2.05) is 0 Å². The Hall–Kier alpha value is -0.530. The van der Waals surface area contributed by atoms with Gasteiger partial charge in [-0.05, 0) is 0 Å². The molecular formula is C7H6F8NO3S-. The van der Waals surface area contributed by atoms with Crippen LogP contribution in [0.1, 0.15) is 6.92 Å². The van der Waals surface area contributed by atoms with E-state index in [0.717, 1.165) is 6.92 Å². The number of hydrogen-bond donors (Lipinski definition) is 0. The first kappa shape index (κ1) is 17.5. The molecule has 13 heteroatoms. The molecule has 0 spiro atoms. The van der Waals surface area contributed by atoms with E-state index in [0.29, 0.717) is 6.61 Å². The van der Waals surface area contributed by atoms with Crippen molar-refractivity contribution in [1.29, 1.82) is 0 Å². The standard InChI is InChI=1S/C7H6F8NO3S/c1-2-18-20(17)3-16-4(8,9)6(12,13)19-7(14,15)5(16,10)11/h2H,3H2,1H3/q-1. The molecule has 20 heavy (non-hydrogen) atoms. The van der Waals surface area contributed by atoms with Crippen LogP contribution in [0.3, 0.4) is 0 Å². The molecule has 0 aromatic carbocycles. The second-order valence-electron chi connectivity index (χ2n) is 3.41. The van der Waals surface area contributed by atoms with Gasteiger partial charge in [-0.2, -0.15) is 53.6 Å². The number of hydrogen-bond acceptors (Lipinski definition) is 4. The fraction of sp³-hybridized carbons (Fsp3) is 0.857. The Kier molecular flexibility index (Phi) is 4.41. The molecule has 1 rings (SSSR count). The summed E-state index contributed by atoms with van der Waals surface area (Å²) < 4.78 is 121. The number of nitrogens with zero attached hydrogens (tertiary/aromatic N) is 1. The van der Waals surface area contributed by atoms with E-state index in [1.165, 1.54) is 0 Å². The highest BCUT2D eigenvalue weighted by molar-refractivity contribution is 7.80. The molecule has 1 aliphatic rings. The Labute approximate surface area is 109 Å². The van der Waals surface area contributed by atoms with Crippen LogP contribution in [-0.4, -0.2) is 39.3 Å².